The van der Waals surface area contributed by atoms with Gasteiger partial charge in [-0.2, -0.15) is 0 Å². The van der Waals surface area contributed by atoms with Crippen molar-refractivity contribution in [2.45, 2.75) is 45.2 Å². The second-order valence-electron chi connectivity index (χ2n) is 9.28. The SMILES string of the molecule is CC[C@H](C)[C@H](NC(=O)c1ccccc1)C(=O)NCC(=O)N[C@@H](CCCN=C(N)N)C(=O)Nc1ccc([N+](=O)[O-])cc1. The molecule has 0 bridgehead atoms. The van der Waals surface area contributed by atoms with Gasteiger partial charge in [0, 0.05) is 29.9 Å². The summed E-state index contributed by atoms with van der Waals surface area (Å²) >= 11 is 0. The first kappa shape index (κ1) is 32.2. The molecule has 2 rings (SSSR count). The fourth-order valence-corrected chi connectivity index (χ4v) is 3.71. The number of hydrogen-bond acceptors (Lipinski definition) is 7. The smallest absolute Gasteiger partial charge is 0.269 e. The number of non-ortho nitro benzene ring substituents is 1. The van der Waals surface area contributed by atoms with Gasteiger partial charge in [-0.15, -0.1) is 0 Å². The number of benzene rings is 2. The van der Waals surface area contributed by atoms with E-state index in [-0.39, 0.29) is 30.5 Å². The maximum absolute atomic E-state index is 13.0. The van der Waals surface area contributed by atoms with Crippen LogP contribution >= 0.6 is 0 Å². The van der Waals surface area contributed by atoms with E-state index >= 15 is 0 Å². The van der Waals surface area contributed by atoms with E-state index in [0.717, 1.165) is 0 Å². The number of aliphatic imine (C=N–C) groups is 1. The van der Waals surface area contributed by atoms with Crippen molar-refractivity contribution in [3.63, 3.8) is 0 Å². The number of nitro groups is 1. The average Bonchev–Trinajstić information content (AvgIpc) is 2.96. The maximum atomic E-state index is 13.0. The number of rotatable bonds is 15. The van der Waals surface area contributed by atoms with E-state index in [1.807, 2.05) is 13.8 Å². The number of amides is 4. The molecular weight excluding hydrogens is 532 g/mol. The number of carbonyl (C=O) groups excluding carboxylic acids is 4. The molecule has 3 atom stereocenters. The minimum atomic E-state index is -1.02. The number of carbonyl (C=O) groups is 4. The Labute approximate surface area is 237 Å². The van der Waals surface area contributed by atoms with E-state index in [9.17, 15) is 29.3 Å². The van der Waals surface area contributed by atoms with Gasteiger partial charge in [-0.25, -0.2) is 0 Å². The van der Waals surface area contributed by atoms with Crippen molar-refractivity contribution >= 4 is 41.0 Å². The molecular formula is C27H36N8O6. The first-order chi connectivity index (χ1) is 19.5. The topological polar surface area (TPSA) is 224 Å². The minimum absolute atomic E-state index is 0.112. The number of nitrogens with zero attached hydrogens (tertiary/aromatic N) is 2. The van der Waals surface area contributed by atoms with E-state index in [1.54, 1.807) is 30.3 Å². The van der Waals surface area contributed by atoms with Crippen LogP contribution in [0, 0.1) is 16.0 Å². The summed E-state index contributed by atoms with van der Waals surface area (Å²) in [6.45, 7) is 3.46. The third-order valence-corrected chi connectivity index (χ3v) is 6.18. The normalized spacial score (nSPS) is 12.6. The number of nitrogens with one attached hydrogen (secondary N) is 4. The molecule has 2 aromatic carbocycles. The lowest BCUT2D eigenvalue weighted by Crippen LogP contribution is -2.53. The molecule has 14 heteroatoms. The third kappa shape index (κ3) is 10.9. The largest absolute Gasteiger partial charge is 0.370 e. The lowest BCUT2D eigenvalue weighted by atomic mass is 9.98. The molecule has 220 valence electrons. The number of hydrogen-bond donors (Lipinski definition) is 6. The van der Waals surface area contributed by atoms with Gasteiger partial charge in [-0.3, -0.25) is 34.3 Å². The van der Waals surface area contributed by atoms with Crippen LogP contribution in [-0.2, 0) is 14.4 Å². The Kier molecular flexibility index (Phi) is 12.7. The molecule has 41 heavy (non-hydrogen) atoms. The van der Waals surface area contributed by atoms with Gasteiger partial charge in [0.15, 0.2) is 5.96 Å². The zero-order valence-corrected chi connectivity index (χ0v) is 23.0. The summed E-state index contributed by atoms with van der Waals surface area (Å²) < 4.78 is 0. The van der Waals surface area contributed by atoms with Gasteiger partial charge in [0.2, 0.25) is 17.7 Å². The van der Waals surface area contributed by atoms with Crippen molar-refractivity contribution in [2.75, 3.05) is 18.4 Å². The van der Waals surface area contributed by atoms with Crippen LogP contribution in [0.3, 0.4) is 0 Å². The Morgan fingerprint density at radius 3 is 2.22 bits per heavy atom. The van der Waals surface area contributed by atoms with Crippen LogP contribution in [-0.4, -0.2) is 59.7 Å². The summed E-state index contributed by atoms with van der Waals surface area (Å²) in [5, 5.41) is 21.3. The number of guanidine groups is 1. The molecule has 4 amide bonds. The van der Waals surface area contributed by atoms with Gasteiger partial charge >= 0.3 is 0 Å². The summed E-state index contributed by atoms with van der Waals surface area (Å²) in [6.07, 6.45) is 1.11. The molecule has 0 radical (unpaired) electrons. The van der Waals surface area contributed by atoms with Gasteiger partial charge in [0.25, 0.3) is 11.6 Å². The first-order valence-electron chi connectivity index (χ1n) is 13.1. The Morgan fingerprint density at radius 2 is 1.63 bits per heavy atom. The molecule has 0 fully saturated rings. The second kappa shape index (κ2) is 16.2. The highest BCUT2D eigenvalue weighted by atomic mass is 16.6. The molecule has 0 aliphatic heterocycles. The highest BCUT2D eigenvalue weighted by Gasteiger charge is 2.27. The van der Waals surface area contributed by atoms with Crippen LogP contribution in [0.1, 0.15) is 43.5 Å². The third-order valence-electron chi connectivity index (χ3n) is 6.18. The van der Waals surface area contributed by atoms with Crippen LogP contribution in [0.5, 0.6) is 0 Å². The summed E-state index contributed by atoms with van der Waals surface area (Å²) in [4.78, 5) is 65.5. The maximum Gasteiger partial charge on any atom is 0.269 e. The Morgan fingerprint density at radius 1 is 0.976 bits per heavy atom. The summed E-state index contributed by atoms with van der Waals surface area (Å²) in [6, 6.07) is 11.8. The molecule has 2 aromatic rings. The molecule has 0 saturated carbocycles. The van der Waals surface area contributed by atoms with Crippen LogP contribution < -0.4 is 32.7 Å². The highest BCUT2D eigenvalue weighted by molar-refractivity contribution is 5.99. The van der Waals surface area contributed by atoms with Gasteiger partial charge in [-0.05, 0) is 43.0 Å². The predicted octanol–water partition coefficient (Wildman–Crippen LogP) is 1.03. The van der Waals surface area contributed by atoms with E-state index in [0.29, 0.717) is 24.1 Å². The first-order valence-corrected chi connectivity index (χ1v) is 13.1. The molecule has 0 aliphatic carbocycles. The second-order valence-corrected chi connectivity index (χ2v) is 9.28. The van der Waals surface area contributed by atoms with Crippen molar-refractivity contribution < 1.29 is 24.1 Å². The quantitative estimate of drug-likeness (QED) is 0.0597. The Hall–Kier alpha value is -5.01. The van der Waals surface area contributed by atoms with Crippen molar-refractivity contribution in [1.82, 2.24) is 16.0 Å². The fraction of sp³-hybridized carbons (Fsp3) is 0.370. The minimum Gasteiger partial charge on any atom is -0.370 e. The molecule has 0 unspecified atom stereocenters. The number of nitro benzene ring substituents is 1. The molecule has 0 saturated heterocycles. The predicted molar refractivity (Wildman–Crippen MR) is 154 cm³/mol. The van der Waals surface area contributed by atoms with Crippen molar-refractivity contribution in [3.05, 3.63) is 70.3 Å². The van der Waals surface area contributed by atoms with Crippen LogP contribution in [0.15, 0.2) is 59.6 Å². The fourth-order valence-electron chi connectivity index (χ4n) is 3.71. The molecule has 8 N–H and O–H groups in total. The van der Waals surface area contributed by atoms with E-state index in [2.05, 4.69) is 26.3 Å². The molecule has 0 aliphatic rings. The monoisotopic (exact) mass is 568 g/mol. The zero-order chi connectivity index (χ0) is 30.4. The van der Waals surface area contributed by atoms with E-state index in [4.69, 9.17) is 11.5 Å². The highest BCUT2D eigenvalue weighted by Crippen LogP contribution is 2.16. The lowest BCUT2D eigenvalue weighted by molar-refractivity contribution is -0.384. The average molecular weight is 569 g/mol. The Balaban J connectivity index is 2.03. The van der Waals surface area contributed by atoms with Crippen molar-refractivity contribution in [1.29, 1.82) is 0 Å². The van der Waals surface area contributed by atoms with Crippen LogP contribution in [0.25, 0.3) is 0 Å². The van der Waals surface area contributed by atoms with E-state index in [1.165, 1.54) is 24.3 Å². The van der Waals surface area contributed by atoms with Gasteiger partial charge in [-0.1, -0.05) is 38.5 Å². The van der Waals surface area contributed by atoms with Gasteiger partial charge < -0.3 is 32.7 Å². The van der Waals surface area contributed by atoms with E-state index < -0.39 is 47.2 Å². The van der Waals surface area contributed by atoms with Crippen LogP contribution in [0.4, 0.5) is 11.4 Å². The molecule has 0 heterocycles. The number of anilines is 1. The Bertz CT molecular complexity index is 1230. The zero-order valence-electron chi connectivity index (χ0n) is 23.0. The lowest BCUT2D eigenvalue weighted by Gasteiger charge is -2.24. The number of nitrogens with two attached hydrogens (primary N) is 2. The van der Waals surface area contributed by atoms with Crippen molar-refractivity contribution in [3.8, 4) is 0 Å². The summed E-state index contributed by atoms with van der Waals surface area (Å²) in [5.74, 6) is -2.50. The summed E-state index contributed by atoms with van der Waals surface area (Å²) in [7, 11) is 0. The standard InChI is InChI=1S/C27H36N8O6/c1-3-17(2)23(34-24(37)18-8-5-4-6-9-18)26(39)31-16-22(36)33-21(10-7-15-30-27(28)29)25(38)32-19-11-13-20(14-12-19)35(40)41/h4-6,8-9,11-14,17,21,23H,3,7,10,15-16H2,1-2H3,(H,31,39)(H,32,38)(H,33,36)(H,34,37)(H4,28,29,30)/t17-,21-,23-/m0/s1. The van der Waals surface area contributed by atoms with Crippen molar-refractivity contribution in [2.24, 2.45) is 22.4 Å². The van der Waals surface area contributed by atoms with Gasteiger partial charge in [0.1, 0.15) is 12.1 Å². The summed E-state index contributed by atoms with van der Waals surface area (Å²) in [5.41, 5.74) is 11.2. The molecule has 0 aromatic heterocycles. The molecule has 14 nitrogen and oxygen atoms in total. The van der Waals surface area contributed by atoms with Crippen LogP contribution in [0.2, 0.25) is 0 Å². The van der Waals surface area contributed by atoms with Gasteiger partial charge in [0.05, 0.1) is 11.5 Å². The molecule has 0 spiro atoms.